The molecule has 0 aliphatic carbocycles. The van der Waals surface area contributed by atoms with Crippen LogP contribution in [0.3, 0.4) is 0 Å². The van der Waals surface area contributed by atoms with E-state index in [0.717, 1.165) is 22.4 Å². The minimum absolute atomic E-state index is 0.0379. The molecule has 0 fully saturated rings. The molecule has 1 amide bonds. The molecule has 1 heterocycles. The molecule has 0 radical (unpaired) electrons. The maximum atomic E-state index is 12.6. The number of aryl methyl sites for hydroxylation is 2. The third-order valence-electron chi connectivity index (χ3n) is 4.43. The minimum Gasteiger partial charge on any atom is -0.348 e. The van der Waals surface area contributed by atoms with Gasteiger partial charge in [-0.25, -0.2) is 9.97 Å². The Kier molecular flexibility index (Phi) is 5.81. The molecule has 0 aliphatic rings. The van der Waals surface area contributed by atoms with Gasteiger partial charge in [0.2, 0.25) is 5.95 Å². The molecule has 3 aromatic rings. The Hall–Kier alpha value is -3.21. The third-order valence-corrected chi connectivity index (χ3v) is 4.43. The lowest BCUT2D eigenvalue weighted by molar-refractivity contribution is 0.0945. The Bertz CT molecular complexity index is 925. The normalized spacial score (nSPS) is 11.7. The lowest BCUT2D eigenvalue weighted by Crippen LogP contribution is -2.25. The van der Waals surface area contributed by atoms with Crippen molar-refractivity contribution in [2.24, 2.45) is 0 Å². The topological polar surface area (TPSA) is 66.9 Å². The van der Waals surface area contributed by atoms with Gasteiger partial charge in [-0.1, -0.05) is 54.6 Å². The molecule has 138 valence electrons. The summed E-state index contributed by atoms with van der Waals surface area (Å²) in [4.78, 5) is 21.4. The Morgan fingerprint density at radius 2 is 1.70 bits per heavy atom. The van der Waals surface area contributed by atoms with Crippen LogP contribution in [0.5, 0.6) is 0 Å². The van der Waals surface area contributed by atoms with Gasteiger partial charge in [-0.2, -0.15) is 0 Å². The first-order valence-corrected chi connectivity index (χ1v) is 9.03. The van der Waals surface area contributed by atoms with Crippen LogP contribution in [0.25, 0.3) is 0 Å². The summed E-state index contributed by atoms with van der Waals surface area (Å²) in [5.41, 5.74) is 4.48. The van der Waals surface area contributed by atoms with Crippen molar-refractivity contribution >= 4 is 11.9 Å². The van der Waals surface area contributed by atoms with Gasteiger partial charge in [-0.15, -0.1) is 0 Å². The van der Waals surface area contributed by atoms with Crippen molar-refractivity contribution in [2.75, 3.05) is 5.32 Å². The van der Waals surface area contributed by atoms with Crippen LogP contribution in [-0.4, -0.2) is 15.9 Å². The second-order valence-corrected chi connectivity index (χ2v) is 6.60. The van der Waals surface area contributed by atoms with E-state index in [1.165, 1.54) is 0 Å². The van der Waals surface area contributed by atoms with Gasteiger partial charge in [0, 0.05) is 12.2 Å². The van der Waals surface area contributed by atoms with Gasteiger partial charge in [0.15, 0.2) is 0 Å². The van der Waals surface area contributed by atoms with Crippen molar-refractivity contribution in [2.45, 2.75) is 33.4 Å². The van der Waals surface area contributed by atoms with Gasteiger partial charge in [-0.3, -0.25) is 4.79 Å². The summed E-state index contributed by atoms with van der Waals surface area (Å²) in [5.74, 6) is 0.242. The van der Waals surface area contributed by atoms with E-state index < -0.39 is 0 Å². The number of anilines is 1. The minimum atomic E-state index is -0.209. The number of hydrogen-bond donors (Lipinski definition) is 2. The Morgan fingerprint density at radius 1 is 1.00 bits per heavy atom. The van der Waals surface area contributed by atoms with Crippen molar-refractivity contribution in [1.82, 2.24) is 15.3 Å². The summed E-state index contributed by atoms with van der Waals surface area (Å²) in [7, 11) is 0. The molecule has 5 nitrogen and oxygen atoms in total. The number of rotatable bonds is 6. The average Bonchev–Trinajstić information content (AvgIpc) is 2.67. The maximum absolute atomic E-state index is 12.6. The molecule has 2 aromatic carbocycles. The highest BCUT2D eigenvalue weighted by Gasteiger charge is 2.13. The number of carbonyl (C=O) groups excluding carboxylic acids is 1. The van der Waals surface area contributed by atoms with Gasteiger partial charge in [0.05, 0.1) is 6.04 Å². The molecular weight excluding hydrogens is 336 g/mol. The average molecular weight is 360 g/mol. The van der Waals surface area contributed by atoms with Crippen LogP contribution < -0.4 is 10.6 Å². The van der Waals surface area contributed by atoms with E-state index in [9.17, 15) is 4.79 Å². The molecule has 0 saturated heterocycles. The third kappa shape index (κ3) is 4.91. The van der Waals surface area contributed by atoms with Gasteiger partial charge in [0.1, 0.15) is 5.69 Å². The first kappa shape index (κ1) is 18.6. The number of hydrogen-bond acceptors (Lipinski definition) is 4. The summed E-state index contributed by atoms with van der Waals surface area (Å²) >= 11 is 0. The van der Waals surface area contributed by atoms with Crippen LogP contribution in [0.15, 0.2) is 60.7 Å². The summed E-state index contributed by atoms with van der Waals surface area (Å²) in [5, 5.41) is 6.21. The lowest BCUT2D eigenvalue weighted by atomic mass is 10.1. The van der Waals surface area contributed by atoms with E-state index in [4.69, 9.17) is 0 Å². The van der Waals surface area contributed by atoms with Gasteiger partial charge in [-0.05, 0) is 43.5 Å². The molecule has 0 aliphatic heterocycles. The van der Waals surface area contributed by atoms with E-state index >= 15 is 0 Å². The van der Waals surface area contributed by atoms with Gasteiger partial charge >= 0.3 is 0 Å². The fraction of sp³-hybridized carbons (Fsp3) is 0.227. The number of benzene rings is 2. The second-order valence-electron chi connectivity index (χ2n) is 6.60. The number of nitrogens with one attached hydrogen (secondary N) is 2. The highest BCUT2D eigenvalue weighted by molar-refractivity contribution is 5.92. The molecule has 0 bridgehead atoms. The molecule has 0 spiro atoms. The van der Waals surface area contributed by atoms with E-state index in [0.29, 0.717) is 18.2 Å². The van der Waals surface area contributed by atoms with E-state index in [-0.39, 0.29) is 11.9 Å². The summed E-state index contributed by atoms with van der Waals surface area (Å²) in [6.45, 7) is 6.40. The monoisotopic (exact) mass is 360 g/mol. The zero-order chi connectivity index (χ0) is 19.2. The van der Waals surface area contributed by atoms with Crippen LogP contribution in [0.1, 0.15) is 45.8 Å². The summed E-state index contributed by atoms with van der Waals surface area (Å²) in [6, 6.07) is 19.8. The van der Waals surface area contributed by atoms with E-state index in [1.807, 2.05) is 75.4 Å². The van der Waals surface area contributed by atoms with Crippen LogP contribution in [0.2, 0.25) is 0 Å². The largest absolute Gasteiger partial charge is 0.348 e. The van der Waals surface area contributed by atoms with Crippen molar-refractivity contribution < 1.29 is 4.79 Å². The standard InChI is InChI=1S/C22H24N4O/c1-15-9-7-8-12-19(15)14-23-21(27)20-13-16(2)24-22(26-20)25-17(3)18-10-5-4-6-11-18/h4-13,17H,14H2,1-3H3,(H,23,27)(H,24,25,26). The molecule has 27 heavy (non-hydrogen) atoms. The number of aromatic nitrogens is 2. The zero-order valence-corrected chi connectivity index (χ0v) is 15.9. The van der Waals surface area contributed by atoms with Crippen molar-refractivity contribution in [3.8, 4) is 0 Å². The first-order valence-electron chi connectivity index (χ1n) is 9.03. The molecule has 2 N–H and O–H groups in total. The molecule has 5 heteroatoms. The van der Waals surface area contributed by atoms with E-state index in [1.54, 1.807) is 6.07 Å². The summed E-state index contributed by atoms with van der Waals surface area (Å²) in [6.07, 6.45) is 0. The van der Waals surface area contributed by atoms with Crippen LogP contribution in [0.4, 0.5) is 5.95 Å². The predicted molar refractivity (Wildman–Crippen MR) is 108 cm³/mol. The van der Waals surface area contributed by atoms with E-state index in [2.05, 4.69) is 20.6 Å². The predicted octanol–water partition coefficient (Wildman–Crippen LogP) is 4.20. The molecular formula is C22H24N4O. The van der Waals surface area contributed by atoms with Crippen LogP contribution in [0, 0.1) is 13.8 Å². The smallest absolute Gasteiger partial charge is 0.270 e. The molecule has 1 aromatic heterocycles. The highest BCUT2D eigenvalue weighted by atomic mass is 16.1. The van der Waals surface area contributed by atoms with Crippen LogP contribution >= 0.6 is 0 Å². The maximum Gasteiger partial charge on any atom is 0.270 e. The molecule has 3 rings (SSSR count). The zero-order valence-electron chi connectivity index (χ0n) is 15.9. The van der Waals surface area contributed by atoms with Gasteiger partial charge < -0.3 is 10.6 Å². The SMILES string of the molecule is Cc1cc(C(=O)NCc2ccccc2C)nc(NC(C)c2ccccc2)n1. The number of amides is 1. The molecule has 1 atom stereocenters. The van der Waals surface area contributed by atoms with Crippen LogP contribution in [-0.2, 0) is 6.54 Å². The summed E-state index contributed by atoms with van der Waals surface area (Å²) < 4.78 is 0. The second kappa shape index (κ2) is 8.45. The first-order chi connectivity index (χ1) is 13.0. The Labute approximate surface area is 159 Å². The fourth-order valence-corrected chi connectivity index (χ4v) is 2.84. The quantitative estimate of drug-likeness (QED) is 0.691. The Morgan fingerprint density at radius 3 is 2.44 bits per heavy atom. The highest BCUT2D eigenvalue weighted by Crippen LogP contribution is 2.17. The van der Waals surface area contributed by atoms with Crippen molar-refractivity contribution in [1.29, 1.82) is 0 Å². The van der Waals surface area contributed by atoms with Gasteiger partial charge in [0.25, 0.3) is 5.91 Å². The van der Waals surface area contributed by atoms with Crippen molar-refractivity contribution in [3.63, 3.8) is 0 Å². The Balaban J connectivity index is 1.71. The number of carbonyl (C=O) groups is 1. The molecule has 1 unspecified atom stereocenters. The number of nitrogens with zero attached hydrogens (tertiary/aromatic N) is 2. The molecule has 0 saturated carbocycles. The van der Waals surface area contributed by atoms with Crippen molar-refractivity contribution in [3.05, 3.63) is 88.7 Å². The fourth-order valence-electron chi connectivity index (χ4n) is 2.84. The lowest BCUT2D eigenvalue weighted by Gasteiger charge is -2.15.